The van der Waals surface area contributed by atoms with Crippen LogP contribution in [0.4, 0.5) is 4.39 Å². The molecular formula is C22H30ClFN2O2. The molecule has 4 nitrogen and oxygen atoms in total. The van der Waals surface area contributed by atoms with E-state index in [0.717, 1.165) is 6.42 Å². The topological polar surface area (TPSA) is 49.4 Å². The highest BCUT2D eigenvalue weighted by Crippen LogP contribution is 2.50. The maximum atomic E-state index is 14.3. The summed E-state index contributed by atoms with van der Waals surface area (Å²) in [6.07, 6.45) is 2.10. The lowest BCUT2D eigenvalue weighted by Gasteiger charge is -2.41. The Hall–Kier alpha value is -1.62. The molecule has 1 aliphatic carbocycles. The Kier molecular flexibility index (Phi) is 6.33. The number of carbonyl (C=O) groups excluding carboxylic acids is 2. The van der Waals surface area contributed by atoms with Crippen LogP contribution in [-0.2, 0) is 9.59 Å². The summed E-state index contributed by atoms with van der Waals surface area (Å²) >= 11 is 5.84. The Morgan fingerprint density at radius 3 is 2.54 bits per heavy atom. The van der Waals surface area contributed by atoms with Crippen LogP contribution < -0.4 is 5.32 Å². The predicted molar refractivity (Wildman–Crippen MR) is 109 cm³/mol. The smallest absolute Gasteiger partial charge is 0.243 e. The maximum absolute atomic E-state index is 14.3. The second kappa shape index (κ2) is 8.40. The molecular weight excluding hydrogens is 379 g/mol. The van der Waals surface area contributed by atoms with Gasteiger partial charge in [-0.15, -0.1) is 0 Å². The van der Waals surface area contributed by atoms with Gasteiger partial charge in [0.15, 0.2) is 0 Å². The Labute approximate surface area is 171 Å². The molecule has 0 radical (unpaired) electrons. The Morgan fingerprint density at radius 1 is 1.25 bits per heavy atom. The molecule has 0 bridgehead atoms. The molecule has 0 unspecified atom stereocenters. The van der Waals surface area contributed by atoms with Crippen LogP contribution in [0.2, 0.25) is 5.02 Å². The molecule has 1 aromatic rings. The van der Waals surface area contributed by atoms with Crippen molar-refractivity contribution in [3.8, 4) is 0 Å². The van der Waals surface area contributed by atoms with Crippen LogP contribution >= 0.6 is 11.6 Å². The first-order valence-corrected chi connectivity index (χ1v) is 10.6. The van der Waals surface area contributed by atoms with E-state index < -0.39 is 6.04 Å². The Morgan fingerprint density at radius 2 is 1.93 bits per heavy atom. The second-order valence-corrected chi connectivity index (χ2v) is 9.52. The van der Waals surface area contributed by atoms with Crippen molar-refractivity contribution in [1.29, 1.82) is 0 Å². The van der Waals surface area contributed by atoms with Crippen LogP contribution in [0.3, 0.4) is 0 Å². The van der Waals surface area contributed by atoms with E-state index in [-0.39, 0.29) is 35.5 Å². The zero-order valence-electron chi connectivity index (χ0n) is 17.0. The van der Waals surface area contributed by atoms with Gasteiger partial charge in [0, 0.05) is 23.5 Å². The minimum atomic E-state index is -0.438. The number of nitrogens with zero attached hydrogens (tertiary/aromatic N) is 1. The summed E-state index contributed by atoms with van der Waals surface area (Å²) in [5.74, 6) is -0.0888. The molecule has 2 fully saturated rings. The van der Waals surface area contributed by atoms with Crippen molar-refractivity contribution in [2.24, 2.45) is 17.8 Å². The molecule has 3 rings (SSSR count). The number of carbonyl (C=O) groups is 2. The van der Waals surface area contributed by atoms with E-state index >= 15 is 0 Å². The maximum Gasteiger partial charge on any atom is 0.243 e. The molecule has 1 N–H and O–H groups in total. The third-order valence-corrected chi connectivity index (χ3v) is 5.88. The van der Waals surface area contributed by atoms with Crippen molar-refractivity contribution in [2.75, 3.05) is 6.54 Å². The first kappa shape index (κ1) is 21.1. The number of rotatable bonds is 6. The summed E-state index contributed by atoms with van der Waals surface area (Å²) in [4.78, 5) is 27.8. The van der Waals surface area contributed by atoms with E-state index in [1.807, 2.05) is 0 Å². The van der Waals surface area contributed by atoms with E-state index in [9.17, 15) is 14.0 Å². The van der Waals surface area contributed by atoms with Crippen molar-refractivity contribution >= 4 is 23.4 Å². The number of hydrogen-bond acceptors (Lipinski definition) is 2. The number of piperazine rings is 1. The molecule has 154 valence electrons. The zero-order valence-corrected chi connectivity index (χ0v) is 17.8. The predicted octanol–water partition coefficient (Wildman–Crippen LogP) is 4.37. The van der Waals surface area contributed by atoms with Crippen molar-refractivity contribution in [1.82, 2.24) is 10.2 Å². The summed E-state index contributed by atoms with van der Waals surface area (Å²) in [5.41, 5.74) is 0.545. The summed E-state index contributed by atoms with van der Waals surface area (Å²) in [5, 5.41) is 3.45. The van der Waals surface area contributed by atoms with E-state index in [4.69, 9.17) is 11.6 Å². The summed E-state index contributed by atoms with van der Waals surface area (Å²) < 4.78 is 14.3. The lowest BCUT2D eigenvalue weighted by molar-refractivity contribution is -0.146. The second-order valence-electron chi connectivity index (χ2n) is 9.09. The lowest BCUT2D eigenvalue weighted by Crippen LogP contribution is -2.62. The van der Waals surface area contributed by atoms with Crippen LogP contribution in [0.5, 0.6) is 0 Å². The molecule has 4 atom stereocenters. The highest BCUT2D eigenvalue weighted by atomic mass is 35.5. The lowest BCUT2D eigenvalue weighted by atomic mass is 9.94. The molecule has 1 saturated carbocycles. The van der Waals surface area contributed by atoms with E-state index in [2.05, 4.69) is 33.0 Å². The average molecular weight is 409 g/mol. The van der Waals surface area contributed by atoms with Crippen LogP contribution in [0, 0.1) is 23.6 Å². The van der Waals surface area contributed by atoms with E-state index in [1.165, 1.54) is 6.07 Å². The van der Waals surface area contributed by atoms with Gasteiger partial charge in [0.1, 0.15) is 11.9 Å². The van der Waals surface area contributed by atoms with Gasteiger partial charge in [-0.2, -0.15) is 0 Å². The molecule has 0 spiro atoms. The molecule has 2 aliphatic rings. The average Bonchev–Trinajstić information content (AvgIpc) is 3.36. The van der Waals surface area contributed by atoms with E-state index in [1.54, 1.807) is 17.0 Å². The molecule has 2 amide bonds. The fourth-order valence-electron chi connectivity index (χ4n) is 4.30. The number of amides is 2. The quantitative estimate of drug-likeness (QED) is 0.759. The molecule has 6 heteroatoms. The summed E-state index contributed by atoms with van der Waals surface area (Å²) in [6.45, 7) is 8.86. The normalized spacial score (nSPS) is 27.3. The van der Waals surface area contributed by atoms with Gasteiger partial charge < -0.3 is 10.2 Å². The van der Waals surface area contributed by atoms with Crippen molar-refractivity contribution in [3.63, 3.8) is 0 Å². The van der Waals surface area contributed by atoms with Crippen LogP contribution in [0.25, 0.3) is 0 Å². The standard InChI is InChI=1S/C22H30ClFN2O2/c1-12(2)7-15-11-26(20(8-13(3)4)21(27)25-15)22(28)18-10-17(18)16-6-5-14(23)9-19(16)24/h5-6,9,12-13,15,17-18,20H,7-8,10-11H2,1-4H3,(H,25,27)/t15-,17-,18+,20-/m0/s1. The van der Waals surface area contributed by atoms with Crippen LogP contribution in [0.1, 0.15) is 58.4 Å². The fraction of sp³-hybridized carbons (Fsp3) is 0.636. The number of hydrogen-bond donors (Lipinski definition) is 1. The number of nitrogens with one attached hydrogen (secondary N) is 1. The van der Waals surface area contributed by atoms with Gasteiger partial charge in [0.05, 0.1) is 0 Å². The zero-order chi connectivity index (χ0) is 20.6. The fourth-order valence-corrected chi connectivity index (χ4v) is 4.46. The van der Waals surface area contributed by atoms with Crippen LogP contribution in [0.15, 0.2) is 18.2 Å². The van der Waals surface area contributed by atoms with Crippen molar-refractivity contribution in [2.45, 2.75) is 65.0 Å². The van der Waals surface area contributed by atoms with Gasteiger partial charge >= 0.3 is 0 Å². The molecule has 1 heterocycles. The Bertz CT molecular complexity index is 752. The molecule has 0 aromatic heterocycles. The monoisotopic (exact) mass is 408 g/mol. The first-order valence-electron chi connectivity index (χ1n) is 10.2. The van der Waals surface area contributed by atoms with Gasteiger partial charge in [-0.25, -0.2) is 4.39 Å². The first-order chi connectivity index (χ1) is 13.2. The number of halogens is 2. The van der Waals surface area contributed by atoms with Crippen LogP contribution in [-0.4, -0.2) is 35.3 Å². The molecule has 1 aromatic carbocycles. The van der Waals surface area contributed by atoms with Gasteiger partial charge in [-0.3, -0.25) is 9.59 Å². The third-order valence-electron chi connectivity index (χ3n) is 5.65. The highest BCUT2D eigenvalue weighted by Gasteiger charge is 2.50. The van der Waals surface area contributed by atoms with Crippen molar-refractivity contribution in [3.05, 3.63) is 34.6 Å². The van der Waals surface area contributed by atoms with E-state index in [0.29, 0.717) is 41.8 Å². The SMILES string of the molecule is CC(C)C[C@H]1CN(C(=O)[C@@H]2C[C@H]2c2ccc(Cl)cc2F)[C@@H](CC(C)C)C(=O)N1. The van der Waals surface area contributed by atoms with Gasteiger partial charge in [-0.1, -0.05) is 45.4 Å². The highest BCUT2D eigenvalue weighted by molar-refractivity contribution is 6.30. The van der Waals surface area contributed by atoms with Gasteiger partial charge in [0.25, 0.3) is 0 Å². The van der Waals surface area contributed by atoms with Gasteiger partial charge in [-0.05, 0) is 54.7 Å². The number of benzene rings is 1. The summed E-state index contributed by atoms with van der Waals surface area (Å²) in [6, 6.07) is 4.17. The summed E-state index contributed by atoms with van der Waals surface area (Å²) in [7, 11) is 0. The van der Waals surface area contributed by atoms with Crippen molar-refractivity contribution < 1.29 is 14.0 Å². The Balaban J connectivity index is 1.77. The molecule has 28 heavy (non-hydrogen) atoms. The molecule has 1 aliphatic heterocycles. The minimum Gasteiger partial charge on any atom is -0.350 e. The van der Waals surface area contributed by atoms with Gasteiger partial charge in [0.2, 0.25) is 11.8 Å². The largest absolute Gasteiger partial charge is 0.350 e. The minimum absolute atomic E-state index is 0.0198. The third kappa shape index (κ3) is 4.68. The molecule has 1 saturated heterocycles.